The zero-order valence-corrected chi connectivity index (χ0v) is 9.71. The average molecular weight is 239 g/mol. The second-order valence-corrected chi connectivity index (χ2v) is 3.79. The van der Waals surface area contributed by atoms with Gasteiger partial charge in [-0.3, -0.25) is 5.32 Å². The summed E-state index contributed by atoms with van der Waals surface area (Å²) in [5.41, 5.74) is 0.788. The van der Waals surface area contributed by atoms with Crippen molar-refractivity contribution in [2.45, 2.75) is 20.0 Å². The Hall–Kier alpha value is -1.73. The van der Waals surface area contributed by atoms with E-state index < -0.39 is 6.09 Å². The summed E-state index contributed by atoms with van der Waals surface area (Å²) in [6.45, 7) is 3.49. The molecule has 0 saturated heterocycles. The number of benzene rings is 1. The molecule has 1 amide bonds. The van der Waals surface area contributed by atoms with Gasteiger partial charge < -0.3 is 4.74 Å². The molecule has 1 aromatic rings. The van der Waals surface area contributed by atoms with Crippen molar-refractivity contribution >= 4 is 23.4 Å². The van der Waals surface area contributed by atoms with E-state index in [2.05, 4.69) is 5.32 Å². The van der Waals surface area contributed by atoms with Gasteiger partial charge in [-0.1, -0.05) is 11.6 Å². The van der Waals surface area contributed by atoms with Crippen molar-refractivity contribution in [1.29, 1.82) is 5.26 Å². The number of amides is 1. The first-order valence-electron chi connectivity index (χ1n) is 4.70. The molecule has 0 heterocycles. The molecule has 4 nitrogen and oxygen atoms in total. The van der Waals surface area contributed by atoms with Crippen LogP contribution in [0.2, 0.25) is 5.02 Å². The van der Waals surface area contributed by atoms with Gasteiger partial charge in [0.2, 0.25) is 0 Å². The van der Waals surface area contributed by atoms with Crippen LogP contribution in [0.5, 0.6) is 0 Å². The Bertz CT molecular complexity index is 438. The van der Waals surface area contributed by atoms with Crippen LogP contribution in [0.4, 0.5) is 10.5 Å². The molecule has 0 aliphatic carbocycles. The fourth-order valence-electron chi connectivity index (χ4n) is 1.04. The molecule has 0 fully saturated rings. The maximum atomic E-state index is 11.3. The van der Waals surface area contributed by atoms with Crippen LogP contribution in [0.3, 0.4) is 0 Å². The lowest BCUT2D eigenvalue weighted by molar-refractivity contribution is 0.130. The molecule has 0 unspecified atom stereocenters. The number of hydrogen-bond acceptors (Lipinski definition) is 3. The highest BCUT2D eigenvalue weighted by Gasteiger charge is 2.08. The molecule has 1 aromatic carbocycles. The summed E-state index contributed by atoms with van der Waals surface area (Å²) in [7, 11) is 0. The molecular formula is C11H11ClN2O2. The summed E-state index contributed by atoms with van der Waals surface area (Å²) in [5.74, 6) is 0. The zero-order chi connectivity index (χ0) is 12.1. The second kappa shape index (κ2) is 5.38. The Morgan fingerprint density at radius 1 is 1.56 bits per heavy atom. The molecule has 0 aliphatic heterocycles. The number of nitrogens with one attached hydrogen (secondary N) is 1. The standard InChI is InChI=1S/C11H11ClN2O2/c1-7(2)16-11(15)14-10-5-8(6-13)3-4-9(10)12/h3-5,7H,1-2H3,(H,14,15). The molecule has 0 radical (unpaired) electrons. The number of halogens is 1. The van der Waals surface area contributed by atoms with Gasteiger partial charge in [0.1, 0.15) is 0 Å². The molecule has 5 heteroatoms. The van der Waals surface area contributed by atoms with Gasteiger partial charge in [0, 0.05) is 0 Å². The van der Waals surface area contributed by atoms with Crippen molar-refractivity contribution in [3.8, 4) is 6.07 Å². The van der Waals surface area contributed by atoms with Crippen LogP contribution in [-0.2, 0) is 4.74 Å². The van der Waals surface area contributed by atoms with Gasteiger partial charge in [0.25, 0.3) is 0 Å². The number of carbonyl (C=O) groups is 1. The smallest absolute Gasteiger partial charge is 0.411 e. The van der Waals surface area contributed by atoms with Crippen LogP contribution in [0.25, 0.3) is 0 Å². The topological polar surface area (TPSA) is 62.1 Å². The van der Waals surface area contributed by atoms with Crippen molar-refractivity contribution in [2.75, 3.05) is 5.32 Å². The van der Waals surface area contributed by atoms with E-state index in [0.717, 1.165) is 0 Å². The summed E-state index contributed by atoms with van der Waals surface area (Å²) in [4.78, 5) is 11.3. The van der Waals surface area contributed by atoms with E-state index in [4.69, 9.17) is 21.6 Å². The largest absolute Gasteiger partial charge is 0.447 e. The molecular weight excluding hydrogens is 228 g/mol. The number of carbonyl (C=O) groups excluding carboxylic acids is 1. The van der Waals surface area contributed by atoms with E-state index in [1.54, 1.807) is 26.0 Å². The lowest BCUT2D eigenvalue weighted by Crippen LogP contribution is -2.18. The highest BCUT2D eigenvalue weighted by molar-refractivity contribution is 6.33. The number of hydrogen-bond donors (Lipinski definition) is 1. The number of ether oxygens (including phenoxy) is 1. The van der Waals surface area contributed by atoms with Crippen LogP contribution in [0.1, 0.15) is 19.4 Å². The summed E-state index contributed by atoms with van der Waals surface area (Å²) in [6.07, 6.45) is -0.801. The Labute approximate surface area is 98.8 Å². The first-order chi connectivity index (χ1) is 7.52. The van der Waals surface area contributed by atoms with E-state index in [-0.39, 0.29) is 6.10 Å². The van der Waals surface area contributed by atoms with E-state index in [1.807, 2.05) is 6.07 Å². The Morgan fingerprint density at radius 3 is 2.81 bits per heavy atom. The van der Waals surface area contributed by atoms with E-state index in [9.17, 15) is 4.79 Å². The lowest BCUT2D eigenvalue weighted by atomic mass is 10.2. The third-order valence-corrected chi connectivity index (χ3v) is 2.00. The van der Waals surface area contributed by atoms with Gasteiger partial charge in [-0.15, -0.1) is 0 Å². The van der Waals surface area contributed by atoms with Crippen LogP contribution < -0.4 is 5.32 Å². The van der Waals surface area contributed by atoms with Crippen molar-refractivity contribution < 1.29 is 9.53 Å². The molecule has 84 valence electrons. The van der Waals surface area contributed by atoms with Gasteiger partial charge in [-0.25, -0.2) is 4.79 Å². The van der Waals surface area contributed by atoms with Crippen LogP contribution in [-0.4, -0.2) is 12.2 Å². The minimum Gasteiger partial charge on any atom is -0.447 e. The summed E-state index contributed by atoms with van der Waals surface area (Å²) in [6, 6.07) is 6.57. The van der Waals surface area contributed by atoms with Crippen molar-refractivity contribution in [2.24, 2.45) is 0 Å². The Kier molecular flexibility index (Phi) is 4.15. The van der Waals surface area contributed by atoms with Crippen LogP contribution >= 0.6 is 11.6 Å². The van der Waals surface area contributed by atoms with Gasteiger partial charge >= 0.3 is 6.09 Å². The minimum atomic E-state index is -0.591. The summed E-state index contributed by atoms with van der Waals surface area (Å²) in [5, 5.41) is 11.5. The normalized spacial score (nSPS) is 9.69. The number of rotatable bonds is 2. The molecule has 0 aliphatic rings. The first kappa shape index (κ1) is 12.3. The quantitative estimate of drug-likeness (QED) is 0.861. The van der Waals surface area contributed by atoms with Gasteiger partial charge in [-0.05, 0) is 32.0 Å². The van der Waals surface area contributed by atoms with Crippen LogP contribution in [0, 0.1) is 11.3 Å². The van der Waals surface area contributed by atoms with Gasteiger partial charge in [-0.2, -0.15) is 5.26 Å². The summed E-state index contributed by atoms with van der Waals surface area (Å²) < 4.78 is 4.89. The van der Waals surface area contributed by atoms with E-state index in [1.165, 1.54) is 6.07 Å². The number of nitriles is 1. The zero-order valence-electron chi connectivity index (χ0n) is 8.95. The van der Waals surface area contributed by atoms with E-state index in [0.29, 0.717) is 16.3 Å². The number of nitrogens with zero attached hydrogens (tertiary/aromatic N) is 1. The lowest BCUT2D eigenvalue weighted by Gasteiger charge is -2.10. The van der Waals surface area contributed by atoms with E-state index >= 15 is 0 Å². The third-order valence-electron chi connectivity index (χ3n) is 1.67. The fraction of sp³-hybridized carbons (Fsp3) is 0.273. The van der Waals surface area contributed by atoms with Crippen molar-refractivity contribution in [3.63, 3.8) is 0 Å². The monoisotopic (exact) mass is 238 g/mol. The molecule has 0 aromatic heterocycles. The predicted molar refractivity (Wildman–Crippen MR) is 61.4 cm³/mol. The fourth-order valence-corrected chi connectivity index (χ4v) is 1.21. The molecule has 0 spiro atoms. The average Bonchev–Trinajstić information content (AvgIpc) is 2.20. The highest BCUT2D eigenvalue weighted by atomic mass is 35.5. The molecule has 0 bridgehead atoms. The SMILES string of the molecule is CC(C)OC(=O)Nc1cc(C#N)ccc1Cl. The molecule has 0 saturated carbocycles. The first-order valence-corrected chi connectivity index (χ1v) is 5.08. The van der Waals surface area contributed by atoms with Gasteiger partial charge in [0.05, 0.1) is 28.4 Å². The third kappa shape index (κ3) is 3.44. The second-order valence-electron chi connectivity index (χ2n) is 3.39. The van der Waals surface area contributed by atoms with Gasteiger partial charge in [0.15, 0.2) is 0 Å². The number of anilines is 1. The molecule has 16 heavy (non-hydrogen) atoms. The maximum absolute atomic E-state index is 11.3. The molecule has 1 rings (SSSR count). The van der Waals surface area contributed by atoms with Crippen LogP contribution in [0.15, 0.2) is 18.2 Å². The predicted octanol–water partition coefficient (Wildman–Crippen LogP) is 3.17. The highest BCUT2D eigenvalue weighted by Crippen LogP contribution is 2.22. The minimum absolute atomic E-state index is 0.210. The van der Waals surface area contributed by atoms with Crippen molar-refractivity contribution in [3.05, 3.63) is 28.8 Å². The molecule has 0 atom stereocenters. The Morgan fingerprint density at radius 2 is 2.25 bits per heavy atom. The Balaban J connectivity index is 2.81. The van der Waals surface area contributed by atoms with Crippen molar-refractivity contribution in [1.82, 2.24) is 0 Å². The molecule has 1 N–H and O–H groups in total. The summed E-state index contributed by atoms with van der Waals surface area (Å²) >= 11 is 5.85. The maximum Gasteiger partial charge on any atom is 0.411 e.